The number of nitrogens with zero attached hydrogens (tertiary/aromatic N) is 3. The first-order chi connectivity index (χ1) is 17.4. The van der Waals surface area contributed by atoms with Crippen molar-refractivity contribution in [3.8, 4) is 17.1 Å². The number of rotatable bonds is 6. The third-order valence-corrected chi connectivity index (χ3v) is 6.81. The number of nitrogens with one attached hydrogen (secondary N) is 1. The van der Waals surface area contributed by atoms with Crippen LogP contribution in [0.15, 0.2) is 83.0 Å². The number of hydrogen-bond acceptors (Lipinski definition) is 5. The molecular weight excluding hydrogens is 468 g/mol. The normalized spacial score (nSPS) is 15.7. The molecule has 1 atom stereocenters. The van der Waals surface area contributed by atoms with E-state index in [1.165, 1.54) is 11.1 Å². The highest BCUT2D eigenvalue weighted by Gasteiger charge is 2.34. The highest BCUT2D eigenvalue weighted by molar-refractivity contribution is 7.80. The summed E-state index contributed by atoms with van der Waals surface area (Å²) in [4.78, 5) is 6.88. The van der Waals surface area contributed by atoms with Crippen molar-refractivity contribution in [2.75, 3.05) is 7.11 Å². The van der Waals surface area contributed by atoms with Crippen molar-refractivity contribution in [1.82, 2.24) is 20.4 Å². The van der Waals surface area contributed by atoms with Gasteiger partial charge in [0.05, 0.1) is 18.7 Å². The highest BCUT2D eigenvalue weighted by Crippen LogP contribution is 2.38. The second-order valence-electron chi connectivity index (χ2n) is 9.02. The summed E-state index contributed by atoms with van der Waals surface area (Å²) in [5, 5.41) is 8.48. The van der Waals surface area contributed by atoms with Crippen molar-refractivity contribution < 1.29 is 9.26 Å². The minimum atomic E-state index is -0.212. The first-order valence-corrected chi connectivity index (χ1v) is 12.2. The maximum atomic E-state index is 5.85. The fourth-order valence-corrected chi connectivity index (χ4v) is 4.64. The van der Waals surface area contributed by atoms with Gasteiger partial charge in [0.15, 0.2) is 5.11 Å². The van der Waals surface area contributed by atoms with Crippen LogP contribution in [0.3, 0.4) is 0 Å². The van der Waals surface area contributed by atoms with E-state index in [0.29, 0.717) is 23.4 Å². The molecule has 0 aliphatic carbocycles. The molecular formula is C29H28N4O2S. The summed E-state index contributed by atoms with van der Waals surface area (Å²) in [5.74, 6) is 1.85. The van der Waals surface area contributed by atoms with E-state index < -0.39 is 0 Å². The predicted molar refractivity (Wildman–Crippen MR) is 145 cm³/mol. The van der Waals surface area contributed by atoms with Crippen molar-refractivity contribution in [1.29, 1.82) is 0 Å². The largest absolute Gasteiger partial charge is 0.497 e. The third-order valence-electron chi connectivity index (χ3n) is 6.47. The maximum Gasteiger partial charge on any atom is 0.258 e. The Morgan fingerprint density at radius 3 is 2.19 bits per heavy atom. The fourth-order valence-electron chi connectivity index (χ4n) is 4.32. The molecule has 3 aromatic carbocycles. The summed E-state index contributed by atoms with van der Waals surface area (Å²) >= 11 is 5.84. The molecule has 6 nitrogen and oxygen atoms in total. The van der Waals surface area contributed by atoms with Crippen molar-refractivity contribution in [2.45, 2.75) is 33.4 Å². The number of methoxy groups -OCH3 is 1. The van der Waals surface area contributed by atoms with Crippen molar-refractivity contribution in [3.05, 3.63) is 107 Å². The minimum absolute atomic E-state index is 0.212. The van der Waals surface area contributed by atoms with Gasteiger partial charge < -0.3 is 19.5 Å². The Morgan fingerprint density at radius 1 is 0.917 bits per heavy atom. The van der Waals surface area contributed by atoms with Crippen LogP contribution in [0.1, 0.15) is 41.1 Å². The fraction of sp³-hybridized carbons (Fsp3) is 0.207. The van der Waals surface area contributed by atoms with Gasteiger partial charge in [0.2, 0.25) is 5.82 Å². The number of aryl methyl sites for hydroxylation is 2. The molecule has 36 heavy (non-hydrogen) atoms. The Labute approximate surface area is 216 Å². The summed E-state index contributed by atoms with van der Waals surface area (Å²) < 4.78 is 11.2. The van der Waals surface area contributed by atoms with Gasteiger partial charge in [-0.1, -0.05) is 76.9 Å². The SMILES string of the molecule is COc1ccc(CN2C(=S)NC(c3ccc(C)cc3)C(c3nc(-c4ccc(C)cc4)no3)=C2C)cc1. The van der Waals surface area contributed by atoms with Gasteiger partial charge in [0.1, 0.15) is 5.75 Å². The molecule has 1 aliphatic heterocycles. The molecule has 0 amide bonds. The Bertz CT molecular complexity index is 1410. The molecule has 0 spiro atoms. The lowest BCUT2D eigenvalue weighted by Crippen LogP contribution is -2.45. The number of allylic oxidation sites excluding steroid dienone is 1. The van der Waals surface area contributed by atoms with Crippen molar-refractivity contribution >= 4 is 22.9 Å². The van der Waals surface area contributed by atoms with Crippen LogP contribution in [0.25, 0.3) is 17.0 Å². The monoisotopic (exact) mass is 496 g/mol. The van der Waals surface area contributed by atoms with E-state index in [-0.39, 0.29) is 6.04 Å². The van der Waals surface area contributed by atoms with E-state index in [2.05, 4.69) is 60.4 Å². The van der Waals surface area contributed by atoms with Crippen LogP contribution in [-0.2, 0) is 6.54 Å². The second-order valence-corrected chi connectivity index (χ2v) is 9.40. The number of aromatic nitrogens is 2. The number of ether oxygens (including phenoxy) is 1. The first-order valence-electron chi connectivity index (χ1n) is 11.8. The summed E-state index contributed by atoms with van der Waals surface area (Å²) in [7, 11) is 1.67. The van der Waals surface area contributed by atoms with Crippen LogP contribution in [0.2, 0.25) is 0 Å². The first kappa shape index (κ1) is 23.8. The average Bonchev–Trinajstić information content (AvgIpc) is 3.37. The molecule has 7 heteroatoms. The molecule has 4 aromatic rings. The Hall–Kier alpha value is -3.97. The van der Waals surface area contributed by atoms with E-state index >= 15 is 0 Å². The zero-order valence-electron chi connectivity index (χ0n) is 20.8. The zero-order chi connectivity index (χ0) is 25.2. The van der Waals surface area contributed by atoms with Crippen LogP contribution in [0, 0.1) is 13.8 Å². The quantitative estimate of drug-likeness (QED) is 0.318. The number of hydrogen-bond donors (Lipinski definition) is 1. The Kier molecular flexibility index (Phi) is 6.57. The predicted octanol–water partition coefficient (Wildman–Crippen LogP) is 6.22. The van der Waals surface area contributed by atoms with Crippen molar-refractivity contribution in [2.24, 2.45) is 0 Å². The van der Waals surface area contributed by atoms with E-state index in [4.69, 9.17) is 26.5 Å². The van der Waals surface area contributed by atoms with Gasteiger partial charge in [-0.25, -0.2) is 0 Å². The number of thiocarbonyl (C=S) groups is 1. The van der Waals surface area contributed by atoms with Gasteiger partial charge in [0.25, 0.3) is 5.89 Å². The highest BCUT2D eigenvalue weighted by atomic mass is 32.1. The summed E-state index contributed by atoms with van der Waals surface area (Å²) in [5.41, 5.74) is 7.36. The molecule has 1 unspecified atom stereocenters. The van der Waals surface area contributed by atoms with Gasteiger partial charge >= 0.3 is 0 Å². The molecule has 1 aliphatic rings. The van der Waals surface area contributed by atoms with Gasteiger partial charge in [-0.3, -0.25) is 0 Å². The average molecular weight is 497 g/mol. The van der Waals surface area contributed by atoms with E-state index in [1.54, 1.807) is 7.11 Å². The topological polar surface area (TPSA) is 63.4 Å². The lowest BCUT2D eigenvalue weighted by Gasteiger charge is -2.37. The lowest BCUT2D eigenvalue weighted by molar-refractivity contribution is 0.396. The molecule has 0 saturated heterocycles. The van der Waals surface area contributed by atoms with Crippen molar-refractivity contribution in [3.63, 3.8) is 0 Å². The molecule has 1 N–H and O–H groups in total. The molecule has 0 radical (unpaired) electrons. The van der Waals surface area contributed by atoms with Crippen LogP contribution in [0.5, 0.6) is 5.75 Å². The summed E-state index contributed by atoms with van der Waals surface area (Å²) in [6.45, 7) is 6.79. The van der Waals surface area contributed by atoms with Gasteiger partial charge in [-0.05, 0) is 56.2 Å². The molecule has 0 bridgehead atoms. The molecule has 1 aromatic heterocycles. The van der Waals surface area contributed by atoms with E-state index in [1.807, 2.05) is 48.5 Å². The second kappa shape index (κ2) is 9.95. The van der Waals surface area contributed by atoms with E-state index in [9.17, 15) is 0 Å². The molecule has 2 heterocycles. The standard InChI is InChI=1S/C29H28N4O2S/c1-18-5-11-22(12-6-18)26-25(28-31-27(32-35-28)23-13-7-19(2)8-14-23)20(3)33(29(36)30-26)17-21-9-15-24(34-4)16-10-21/h5-16,26H,17H2,1-4H3,(H,30,36). The van der Waals surface area contributed by atoms with Crippen LogP contribution >= 0.6 is 12.2 Å². The summed E-state index contributed by atoms with van der Waals surface area (Å²) in [6, 6.07) is 24.3. The smallest absolute Gasteiger partial charge is 0.258 e. The zero-order valence-corrected chi connectivity index (χ0v) is 21.6. The minimum Gasteiger partial charge on any atom is -0.497 e. The molecule has 182 valence electrons. The molecule has 5 rings (SSSR count). The lowest BCUT2D eigenvalue weighted by atomic mass is 9.94. The number of benzene rings is 3. The van der Waals surface area contributed by atoms with Gasteiger partial charge in [-0.2, -0.15) is 4.98 Å². The van der Waals surface area contributed by atoms with E-state index in [0.717, 1.165) is 33.7 Å². The van der Waals surface area contributed by atoms with Crippen LogP contribution in [-0.4, -0.2) is 27.3 Å². The molecule has 0 fully saturated rings. The Morgan fingerprint density at radius 2 is 1.56 bits per heavy atom. The van der Waals surface area contributed by atoms with Gasteiger partial charge in [-0.15, -0.1) is 0 Å². The summed E-state index contributed by atoms with van der Waals surface area (Å²) in [6.07, 6.45) is 0. The third kappa shape index (κ3) is 4.75. The molecule has 0 saturated carbocycles. The Balaban J connectivity index is 1.57. The van der Waals surface area contributed by atoms with Crippen LogP contribution < -0.4 is 10.1 Å². The van der Waals surface area contributed by atoms with Gasteiger partial charge in [0, 0.05) is 17.8 Å². The van der Waals surface area contributed by atoms with Crippen LogP contribution in [0.4, 0.5) is 0 Å². The maximum absolute atomic E-state index is 5.85.